The van der Waals surface area contributed by atoms with Gasteiger partial charge >= 0.3 is 5.97 Å². The third kappa shape index (κ3) is 3.61. The highest BCUT2D eigenvalue weighted by molar-refractivity contribution is 5.95. The van der Waals surface area contributed by atoms with E-state index in [1.807, 2.05) is 0 Å². The fourth-order valence-electron chi connectivity index (χ4n) is 2.38. The maximum absolute atomic E-state index is 12.0. The zero-order valence-corrected chi connectivity index (χ0v) is 14.1. The Morgan fingerprint density at radius 1 is 1.38 bits per heavy atom. The number of methoxy groups -OCH3 is 1. The van der Waals surface area contributed by atoms with E-state index in [2.05, 4.69) is 25.7 Å². The molecular formula is C15H16N6O5. The van der Waals surface area contributed by atoms with Crippen molar-refractivity contribution in [1.82, 2.24) is 30.2 Å². The standard InChI is InChI=1S/C15H16N6O5/c1-8-17-12(26-20-8)5-16-11(22)3-4-21-6-9-13(18-19-14(9)23)10(7-21)15(24)25-2/h6-7H,3-5H2,1-2H3,(H,16,22)(H,19,23). The van der Waals surface area contributed by atoms with Gasteiger partial charge < -0.3 is 19.1 Å². The van der Waals surface area contributed by atoms with Gasteiger partial charge in [0.25, 0.3) is 5.56 Å². The quantitative estimate of drug-likeness (QED) is 0.578. The molecule has 2 aliphatic heterocycles. The second-order valence-corrected chi connectivity index (χ2v) is 5.48. The molecule has 0 aliphatic carbocycles. The first-order valence-electron chi connectivity index (χ1n) is 7.70. The van der Waals surface area contributed by atoms with Gasteiger partial charge in [0.05, 0.1) is 19.2 Å². The van der Waals surface area contributed by atoms with Gasteiger partial charge in [-0.2, -0.15) is 10.1 Å². The SMILES string of the molecule is COC(=O)c1cn(CCC(=O)NCc2nc(C)no2)cc2c(=O)[nH]nc1-2. The van der Waals surface area contributed by atoms with Crippen LogP contribution in [0.2, 0.25) is 0 Å². The second-order valence-electron chi connectivity index (χ2n) is 5.48. The minimum Gasteiger partial charge on any atom is -0.465 e. The molecule has 1 aromatic rings. The van der Waals surface area contributed by atoms with Crippen molar-refractivity contribution in [3.05, 3.63) is 40.0 Å². The van der Waals surface area contributed by atoms with Gasteiger partial charge in [0.15, 0.2) is 5.82 Å². The van der Waals surface area contributed by atoms with Gasteiger partial charge in [0.1, 0.15) is 11.3 Å². The summed E-state index contributed by atoms with van der Waals surface area (Å²) in [6.07, 6.45) is 3.14. The van der Waals surface area contributed by atoms with Crippen molar-refractivity contribution < 1.29 is 18.8 Å². The van der Waals surface area contributed by atoms with Crippen molar-refractivity contribution in [2.75, 3.05) is 7.11 Å². The summed E-state index contributed by atoms with van der Waals surface area (Å²) in [6.45, 7) is 2.06. The summed E-state index contributed by atoms with van der Waals surface area (Å²) in [5.74, 6) is -0.0658. The van der Waals surface area contributed by atoms with E-state index in [9.17, 15) is 14.4 Å². The van der Waals surface area contributed by atoms with Crippen LogP contribution in [0.4, 0.5) is 0 Å². The molecule has 2 N–H and O–H groups in total. The predicted octanol–water partition coefficient (Wildman–Crippen LogP) is -0.139. The maximum Gasteiger partial charge on any atom is 0.341 e. The van der Waals surface area contributed by atoms with Crippen LogP contribution in [0.3, 0.4) is 0 Å². The number of aromatic amines is 1. The number of hydrogen-bond donors (Lipinski definition) is 2. The number of amides is 1. The largest absolute Gasteiger partial charge is 0.465 e. The Kier molecular flexibility index (Phi) is 4.78. The number of ether oxygens (including phenoxy) is 1. The molecule has 11 heteroatoms. The normalized spacial score (nSPS) is 10.8. The molecule has 2 aliphatic rings. The number of nitrogens with zero attached hydrogens (tertiary/aromatic N) is 4. The van der Waals surface area contributed by atoms with Crippen molar-refractivity contribution in [2.24, 2.45) is 0 Å². The van der Waals surface area contributed by atoms with Crippen LogP contribution < -0.4 is 10.9 Å². The molecule has 0 fully saturated rings. The minimum absolute atomic E-state index is 0.121. The third-order valence-electron chi connectivity index (χ3n) is 3.62. The number of carbonyl (C=O) groups is 2. The van der Waals surface area contributed by atoms with Crippen LogP contribution in [0, 0.1) is 6.92 Å². The lowest BCUT2D eigenvalue weighted by molar-refractivity contribution is -0.121. The molecule has 0 bridgehead atoms. The summed E-state index contributed by atoms with van der Waals surface area (Å²) in [7, 11) is 1.24. The Morgan fingerprint density at radius 3 is 2.88 bits per heavy atom. The van der Waals surface area contributed by atoms with E-state index in [0.717, 1.165) is 0 Å². The van der Waals surface area contributed by atoms with Gasteiger partial charge in [0, 0.05) is 25.4 Å². The number of aromatic nitrogens is 5. The number of nitrogens with one attached hydrogen (secondary N) is 2. The van der Waals surface area contributed by atoms with Crippen LogP contribution in [0.25, 0.3) is 11.3 Å². The summed E-state index contributed by atoms with van der Waals surface area (Å²) in [6, 6.07) is 0. The van der Waals surface area contributed by atoms with Crippen LogP contribution >= 0.6 is 0 Å². The Hall–Kier alpha value is -3.50. The molecule has 136 valence electrons. The molecule has 0 unspecified atom stereocenters. The number of H-pyrrole nitrogens is 1. The van der Waals surface area contributed by atoms with Crippen molar-refractivity contribution in [2.45, 2.75) is 26.4 Å². The zero-order valence-electron chi connectivity index (χ0n) is 14.1. The smallest absolute Gasteiger partial charge is 0.341 e. The molecule has 11 nitrogen and oxygen atoms in total. The summed E-state index contributed by atoms with van der Waals surface area (Å²) < 4.78 is 11.2. The van der Waals surface area contributed by atoms with Gasteiger partial charge in [0.2, 0.25) is 11.8 Å². The van der Waals surface area contributed by atoms with Crippen molar-refractivity contribution >= 4 is 11.9 Å². The number of rotatable bonds is 6. The maximum atomic E-state index is 12.0. The second kappa shape index (κ2) is 7.17. The van der Waals surface area contributed by atoms with Gasteiger partial charge in [-0.05, 0) is 6.92 Å². The van der Waals surface area contributed by atoms with E-state index < -0.39 is 11.5 Å². The van der Waals surface area contributed by atoms with Crippen LogP contribution in [-0.2, 0) is 22.6 Å². The summed E-state index contributed by atoms with van der Waals surface area (Å²) in [5.41, 5.74) is 0.199. The molecule has 3 heterocycles. The number of hydrogen-bond acceptors (Lipinski definition) is 8. The average molecular weight is 360 g/mol. The molecule has 0 saturated carbocycles. The van der Waals surface area contributed by atoms with Crippen LogP contribution in [0.5, 0.6) is 0 Å². The molecule has 0 radical (unpaired) electrons. The first kappa shape index (κ1) is 17.3. The molecule has 0 spiro atoms. The number of carbonyl (C=O) groups excluding carboxylic acids is 2. The Morgan fingerprint density at radius 2 is 2.19 bits per heavy atom. The van der Waals surface area contributed by atoms with E-state index in [0.29, 0.717) is 11.7 Å². The fraction of sp³-hybridized carbons (Fsp3) is 0.333. The van der Waals surface area contributed by atoms with Crippen LogP contribution in [0.1, 0.15) is 28.5 Å². The molecule has 26 heavy (non-hydrogen) atoms. The molecule has 1 aromatic heterocycles. The lowest BCUT2D eigenvalue weighted by atomic mass is 10.1. The Labute approximate surface area is 146 Å². The first-order chi connectivity index (χ1) is 12.5. The minimum atomic E-state index is -0.618. The predicted molar refractivity (Wildman–Crippen MR) is 86.3 cm³/mol. The highest BCUT2D eigenvalue weighted by Gasteiger charge is 2.21. The van der Waals surface area contributed by atoms with Crippen molar-refractivity contribution in [1.29, 1.82) is 0 Å². The lowest BCUT2D eigenvalue weighted by Gasteiger charge is -2.11. The number of aryl methyl sites for hydroxylation is 2. The lowest BCUT2D eigenvalue weighted by Crippen LogP contribution is -2.24. The average Bonchev–Trinajstić information content (AvgIpc) is 3.22. The van der Waals surface area contributed by atoms with E-state index >= 15 is 0 Å². The third-order valence-corrected chi connectivity index (χ3v) is 3.62. The van der Waals surface area contributed by atoms with Crippen molar-refractivity contribution in [3.8, 4) is 11.3 Å². The Bertz CT molecular complexity index is 971. The van der Waals surface area contributed by atoms with Crippen LogP contribution in [-0.4, -0.2) is 43.9 Å². The summed E-state index contributed by atoms with van der Waals surface area (Å²) in [4.78, 5) is 39.7. The van der Waals surface area contributed by atoms with E-state index in [-0.39, 0.29) is 42.2 Å². The molecule has 0 atom stereocenters. The van der Waals surface area contributed by atoms with Gasteiger partial charge in [-0.25, -0.2) is 9.89 Å². The van der Waals surface area contributed by atoms with E-state index in [1.165, 1.54) is 19.5 Å². The summed E-state index contributed by atoms with van der Waals surface area (Å²) >= 11 is 0. The first-order valence-corrected chi connectivity index (χ1v) is 7.70. The highest BCUT2D eigenvalue weighted by atomic mass is 16.5. The van der Waals surface area contributed by atoms with Gasteiger partial charge in [-0.3, -0.25) is 9.59 Å². The Balaban J connectivity index is 1.69. The molecule has 1 amide bonds. The monoisotopic (exact) mass is 360 g/mol. The van der Waals surface area contributed by atoms with Gasteiger partial charge in [-0.1, -0.05) is 5.16 Å². The van der Waals surface area contributed by atoms with Crippen LogP contribution in [0.15, 0.2) is 21.7 Å². The van der Waals surface area contributed by atoms with Gasteiger partial charge in [-0.15, -0.1) is 0 Å². The molecular weight excluding hydrogens is 344 g/mol. The van der Waals surface area contributed by atoms with E-state index in [1.54, 1.807) is 11.5 Å². The molecule has 0 saturated heterocycles. The van der Waals surface area contributed by atoms with E-state index in [4.69, 9.17) is 9.26 Å². The highest BCUT2D eigenvalue weighted by Crippen LogP contribution is 2.20. The fourth-order valence-corrected chi connectivity index (χ4v) is 2.38. The topological polar surface area (TPSA) is 145 Å². The number of pyridine rings is 1. The summed E-state index contributed by atoms with van der Waals surface area (Å²) in [5, 5.41) is 12.4. The molecule has 0 aromatic carbocycles. The number of fused-ring (bicyclic) bond motifs is 1. The number of esters is 1. The molecule has 3 rings (SSSR count). The zero-order chi connectivity index (χ0) is 18.7. The van der Waals surface area contributed by atoms with Crippen molar-refractivity contribution in [3.63, 3.8) is 0 Å².